The van der Waals surface area contributed by atoms with Gasteiger partial charge in [-0.3, -0.25) is 9.48 Å². The van der Waals surface area contributed by atoms with Crippen LogP contribution < -0.4 is 10.1 Å². The van der Waals surface area contributed by atoms with Crippen molar-refractivity contribution in [3.05, 3.63) is 70.4 Å². The SMILES string of the molecule is CCn1cc(CNC(=O)c2ccc(COc3ccc4c(c3)CCC4)o2)c(C)n1. The molecule has 2 aromatic heterocycles. The maximum atomic E-state index is 12.3. The Balaban J connectivity index is 1.32. The molecule has 0 aliphatic heterocycles. The number of ether oxygens (including phenoxy) is 1. The molecule has 0 unspecified atom stereocenters. The molecule has 3 aromatic rings. The zero-order chi connectivity index (χ0) is 19.5. The van der Waals surface area contributed by atoms with Crippen LogP contribution in [0.4, 0.5) is 0 Å². The summed E-state index contributed by atoms with van der Waals surface area (Å²) >= 11 is 0. The quantitative estimate of drug-likeness (QED) is 0.678. The van der Waals surface area contributed by atoms with Crippen molar-refractivity contribution < 1.29 is 13.9 Å². The first kappa shape index (κ1) is 18.3. The van der Waals surface area contributed by atoms with Crippen LogP contribution in [0, 0.1) is 6.92 Å². The van der Waals surface area contributed by atoms with E-state index < -0.39 is 0 Å². The van der Waals surface area contributed by atoms with Crippen molar-refractivity contribution in [2.75, 3.05) is 0 Å². The number of aromatic nitrogens is 2. The lowest BCUT2D eigenvalue weighted by Gasteiger charge is -2.06. The van der Waals surface area contributed by atoms with Gasteiger partial charge in [0.15, 0.2) is 5.76 Å². The summed E-state index contributed by atoms with van der Waals surface area (Å²) in [6, 6.07) is 9.71. The van der Waals surface area contributed by atoms with Crippen molar-refractivity contribution in [1.29, 1.82) is 0 Å². The third kappa shape index (κ3) is 3.96. The van der Waals surface area contributed by atoms with Crippen LogP contribution in [0.25, 0.3) is 0 Å². The first-order valence-electron chi connectivity index (χ1n) is 9.77. The van der Waals surface area contributed by atoms with Gasteiger partial charge < -0.3 is 14.5 Å². The van der Waals surface area contributed by atoms with E-state index >= 15 is 0 Å². The molecular formula is C22H25N3O3. The van der Waals surface area contributed by atoms with Gasteiger partial charge in [0.2, 0.25) is 0 Å². The molecule has 28 heavy (non-hydrogen) atoms. The highest BCUT2D eigenvalue weighted by molar-refractivity contribution is 5.91. The van der Waals surface area contributed by atoms with Crippen LogP contribution in [0.5, 0.6) is 5.75 Å². The number of furan rings is 1. The Morgan fingerprint density at radius 2 is 2.11 bits per heavy atom. The van der Waals surface area contributed by atoms with Gasteiger partial charge in [0.1, 0.15) is 18.1 Å². The van der Waals surface area contributed by atoms with Crippen molar-refractivity contribution in [2.24, 2.45) is 0 Å². The molecule has 1 N–H and O–H groups in total. The van der Waals surface area contributed by atoms with Gasteiger partial charge in [0.25, 0.3) is 5.91 Å². The molecule has 0 saturated carbocycles. The summed E-state index contributed by atoms with van der Waals surface area (Å²) in [6.07, 6.45) is 5.45. The van der Waals surface area contributed by atoms with Gasteiger partial charge in [-0.2, -0.15) is 5.10 Å². The van der Waals surface area contributed by atoms with E-state index in [9.17, 15) is 4.79 Å². The smallest absolute Gasteiger partial charge is 0.287 e. The van der Waals surface area contributed by atoms with E-state index in [0.29, 0.717) is 18.9 Å². The molecule has 0 spiro atoms. The Morgan fingerprint density at radius 1 is 1.25 bits per heavy atom. The van der Waals surface area contributed by atoms with Crippen LogP contribution in [-0.4, -0.2) is 15.7 Å². The van der Waals surface area contributed by atoms with Crippen LogP contribution in [0.15, 0.2) is 40.9 Å². The highest BCUT2D eigenvalue weighted by atomic mass is 16.5. The topological polar surface area (TPSA) is 69.3 Å². The molecule has 0 saturated heterocycles. The minimum absolute atomic E-state index is 0.243. The molecule has 0 atom stereocenters. The number of benzene rings is 1. The molecule has 1 aliphatic rings. The molecule has 4 rings (SSSR count). The van der Waals surface area contributed by atoms with Crippen molar-refractivity contribution in [3.8, 4) is 5.75 Å². The van der Waals surface area contributed by atoms with Gasteiger partial charge >= 0.3 is 0 Å². The fourth-order valence-electron chi connectivity index (χ4n) is 3.53. The van der Waals surface area contributed by atoms with Crippen LogP contribution in [-0.2, 0) is 32.5 Å². The molecule has 0 radical (unpaired) electrons. The first-order valence-corrected chi connectivity index (χ1v) is 9.77. The second-order valence-corrected chi connectivity index (χ2v) is 7.12. The molecule has 1 aromatic carbocycles. The zero-order valence-electron chi connectivity index (χ0n) is 16.3. The van der Waals surface area contributed by atoms with Gasteiger partial charge in [-0.15, -0.1) is 0 Å². The van der Waals surface area contributed by atoms with Crippen molar-refractivity contribution in [2.45, 2.75) is 52.8 Å². The average molecular weight is 379 g/mol. The van der Waals surface area contributed by atoms with E-state index in [2.05, 4.69) is 22.5 Å². The summed E-state index contributed by atoms with van der Waals surface area (Å²) in [4.78, 5) is 12.3. The summed E-state index contributed by atoms with van der Waals surface area (Å²) in [7, 11) is 0. The molecule has 0 fully saturated rings. The lowest BCUT2D eigenvalue weighted by molar-refractivity contribution is 0.0919. The number of carbonyl (C=O) groups excluding carboxylic acids is 1. The molecule has 0 bridgehead atoms. The van der Waals surface area contributed by atoms with E-state index in [4.69, 9.17) is 9.15 Å². The molecule has 1 amide bonds. The van der Waals surface area contributed by atoms with Gasteiger partial charge in [0, 0.05) is 24.8 Å². The number of hydrogen-bond acceptors (Lipinski definition) is 4. The predicted octanol–water partition coefficient (Wildman–Crippen LogP) is 3.80. The number of nitrogens with zero attached hydrogens (tertiary/aromatic N) is 2. The number of hydrogen-bond donors (Lipinski definition) is 1. The summed E-state index contributed by atoms with van der Waals surface area (Å²) < 4.78 is 13.3. The molecule has 2 heterocycles. The maximum Gasteiger partial charge on any atom is 0.287 e. The lowest BCUT2D eigenvalue weighted by atomic mass is 10.1. The fraction of sp³-hybridized carbons (Fsp3) is 0.364. The van der Waals surface area contributed by atoms with E-state index in [1.807, 2.05) is 30.8 Å². The highest BCUT2D eigenvalue weighted by Crippen LogP contribution is 2.26. The summed E-state index contributed by atoms with van der Waals surface area (Å²) in [5, 5.41) is 7.27. The third-order valence-electron chi connectivity index (χ3n) is 5.15. The standard InChI is InChI=1S/C22H25N3O3/c1-3-25-13-18(15(2)24-25)12-23-22(26)21-10-9-20(28-21)14-27-19-8-7-16-5-4-6-17(16)11-19/h7-11,13H,3-6,12,14H2,1-2H3,(H,23,26). The van der Waals surface area contributed by atoms with E-state index in [1.165, 1.54) is 17.5 Å². The Morgan fingerprint density at radius 3 is 2.93 bits per heavy atom. The summed E-state index contributed by atoms with van der Waals surface area (Å²) in [5.74, 6) is 1.51. The third-order valence-corrected chi connectivity index (χ3v) is 5.15. The molecular weight excluding hydrogens is 354 g/mol. The number of carbonyl (C=O) groups is 1. The van der Waals surface area contributed by atoms with Crippen LogP contribution in [0.1, 0.15) is 52.0 Å². The number of amides is 1. The molecule has 1 aliphatic carbocycles. The molecule has 6 nitrogen and oxygen atoms in total. The maximum absolute atomic E-state index is 12.3. The van der Waals surface area contributed by atoms with Gasteiger partial charge in [0.05, 0.1) is 5.69 Å². The van der Waals surface area contributed by atoms with Crippen molar-refractivity contribution in [3.63, 3.8) is 0 Å². The minimum atomic E-state index is -0.243. The second-order valence-electron chi connectivity index (χ2n) is 7.12. The first-order chi connectivity index (χ1) is 13.6. The number of rotatable bonds is 7. The fourth-order valence-corrected chi connectivity index (χ4v) is 3.53. The normalized spacial score (nSPS) is 12.8. The van der Waals surface area contributed by atoms with Crippen molar-refractivity contribution >= 4 is 5.91 Å². The number of aryl methyl sites for hydroxylation is 4. The average Bonchev–Trinajstić information content (AvgIpc) is 3.43. The minimum Gasteiger partial charge on any atom is -0.486 e. The Bertz CT molecular complexity index is 987. The van der Waals surface area contributed by atoms with Gasteiger partial charge in [-0.05, 0) is 68.5 Å². The largest absolute Gasteiger partial charge is 0.486 e. The Labute approximate surface area is 164 Å². The molecule has 146 valence electrons. The van der Waals surface area contributed by atoms with E-state index in [0.717, 1.165) is 36.4 Å². The monoisotopic (exact) mass is 379 g/mol. The highest BCUT2D eigenvalue weighted by Gasteiger charge is 2.14. The zero-order valence-corrected chi connectivity index (χ0v) is 16.3. The number of fused-ring (bicyclic) bond motifs is 1. The van der Waals surface area contributed by atoms with Crippen LogP contribution in [0.2, 0.25) is 0 Å². The van der Waals surface area contributed by atoms with Gasteiger partial charge in [-0.1, -0.05) is 6.07 Å². The van der Waals surface area contributed by atoms with Gasteiger partial charge in [-0.25, -0.2) is 0 Å². The van der Waals surface area contributed by atoms with Crippen LogP contribution >= 0.6 is 0 Å². The lowest BCUT2D eigenvalue weighted by Crippen LogP contribution is -2.22. The Kier molecular flexibility index (Phi) is 5.19. The second kappa shape index (κ2) is 7.92. The van der Waals surface area contributed by atoms with Crippen LogP contribution in [0.3, 0.4) is 0 Å². The Hall–Kier alpha value is -3.02. The molecule has 6 heteroatoms. The van der Waals surface area contributed by atoms with E-state index in [-0.39, 0.29) is 11.7 Å². The van der Waals surface area contributed by atoms with Crippen molar-refractivity contribution in [1.82, 2.24) is 15.1 Å². The predicted molar refractivity (Wildman–Crippen MR) is 105 cm³/mol. The summed E-state index contributed by atoms with van der Waals surface area (Å²) in [5.41, 5.74) is 4.72. The van der Waals surface area contributed by atoms with E-state index in [1.54, 1.807) is 12.1 Å². The summed E-state index contributed by atoms with van der Waals surface area (Å²) in [6.45, 7) is 5.50. The number of nitrogens with one attached hydrogen (secondary N) is 1.